The molecule has 0 fully saturated rings. The lowest BCUT2D eigenvalue weighted by molar-refractivity contribution is 0.168. The average Bonchev–Trinajstić information content (AvgIpc) is 3.06. The molecule has 3 heteroatoms. The molecule has 2 aromatic carbocycles. The van der Waals surface area contributed by atoms with E-state index in [2.05, 4.69) is 43.3 Å². The van der Waals surface area contributed by atoms with E-state index in [1.807, 2.05) is 47.9 Å². The highest BCUT2D eigenvalue weighted by Gasteiger charge is 2.19. The third kappa shape index (κ3) is 2.91. The largest absolute Gasteiger partial charge is 0.387 e. The van der Waals surface area contributed by atoms with Crippen LogP contribution in [-0.2, 0) is 0 Å². The Labute approximate surface area is 153 Å². The highest BCUT2D eigenvalue weighted by Crippen LogP contribution is 2.32. The molecule has 1 atom stereocenters. The monoisotopic (exact) mass is 342 g/mol. The van der Waals surface area contributed by atoms with Crippen molar-refractivity contribution < 1.29 is 5.11 Å². The van der Waals surface area contributed by atoms with Crippen LogP contribution in [0.4, 0.5) is 0 Å². The first-order valence-electron chi connectivity index (χ1n) is 9.00. The number of nitrogens with zero attached hydrogens (tertiary/aromatic N) is 2. The summed E-state index contributed by atoms with van der Waals surface area (Å²) in [6.45, 7) is 4.04. The van der Waals surface area contributed by atoms with Gasteiger partial charge in [0.15, 0.2) is 0 Å². The van der Waals surface area contributed by atoms with Crippen LogP contribution >= 0.6 is 0 Å². The van der Waals surface area contributed by atoms with Gasteiger partial charge in [0.05, 0.1) is 17.5 Å². The molecule has 1 N–H and O–H groups in total. The maximum Gasteiger partial charge on any atom is 0.138 e. The van der Waals surface area contributed by atoms with Gasteiger partial charge in [-0.15, -0.1) is 0 Å². The number of imidazole rings is 1. The molecule has 0 aliphatic carbocycles. The van der Waals surface area contributed by atoms with Gasteiger partial charge in [-0.1, -0.05) is 61.5 Å². The van der Waals surface area contributed by atoms with Crippen LogP contribution in [0.5, 0.6) is 0 Å². The summed E-state index contributed by atoms with van der Waals surface area (Å²) in [7, 11) is 0. The quantitative estimate of drug-likeness (QED) is 0.538. The fourth-order valence-electron chi connectivity index (χ4n) is 3.34. The summed E-state index contributed by atoms with van der Waals surface area (Å²) in [5.74, 6) is 0. The Hall–Kier alpha value is -2.91. The van der Waals surface area contributed by atoms with E-state index in [1.54, 1.807) is 0 Å². The van der Waals surface area contributed by atoms with Crippen LogP contribution < -0.4 is 0 Å². The fraction of sp³-hybridized carbons (Fsp3) is 0.174. The molecule has 0 amide bonds. The summed E-state index contributed by atoms with van der Waals surface area (Å²) in [5, 5.41) is 10.6. The second-order valence-corrected chi connectivity index (χ2v) is 6.65. The maximum absolute atomic E-state index is 10.6. The Morgan fingerprint density at radius 1 is 0.923 bits per heavy atom. The van der Waals surface area contributed by atoms with Crippen molar-refractivity contribution in [3.05, 3.63) is 84.2 Å². The highest BCUT2D eigenvalue weighted by atomic mass is 16.3. The number of fused-ring (bicyclic) bond motifs is 1. The summed E-state index contributed by atoms with van der Waals surface area (Å²) in [4.78, 5) is 4.82. The number of rotatable bonds is 4. The minimum absolute atomic E-state index is 0.545. The van der Waals surface area contributed by atoms with E-state index in [0.717, 1.165) is 28.2 Å². The van der Waals surface area contributed by atoms with Crippen molar-refractivity contribution in [2.75, 3.05) is 0 Å². The topological polar surface area (TPSA) is 37.5 Å². The van der Waals surface area contributed by atoms with Gasteiger partial charge in [0.1, 0.15) is 5.65 Å². The second kappa shape index (κ2) is 6.77. The molecule has 0 saturated carbocycles. The number of hydrogen-bond acceptors (Lipinski definition) is 2. The molecule has 0 radical (unpaired) electrons. The smallest absolute Gasteiger partial charge is 0.138 e. The summed E-state index contributed by atoms with van der Waals surface area (Å²) in [6.07, 6.45) is 2.10. The van der Waals surface area contributed by atoms with E-state index in [0.29, 0.717) is 6.42 Å². The number of pyridine rings is 1. The van der Waals surface area contributed by atoms with Crippen molar-refractivity contribution in [3.63, 3.8) is 0 Å². The predicted octanol–water partition coefficient (Wildman–Crippen LogP) is 5.42. The Morgan fingerprint density at radius 3 is 2.27 bits per heavy atom. The minimum Gasteiger partial charge on any atom is -0.387 e. The Bertz CT molecular complexity index is 1030. The molecule has 3 nitrogen and oxygen atoms in total. The highest BCUT2D eigenvalue weighted by molar-refractivity contribution is 5.72. The van der Waals surface area contributed by atoms with Gasteiger partial charge in [-0.25, -0.2) is 4.98 Å². The molecule has 2 aromatic heterocycles. The first-order chi connectivity index (χ1) is 12.7. The Morgan fingerprint density at radius 2 is 1.58 bits per heavy atom. The molecule has 130 valence electrons. The van der Waals surface area contributed by atoms with Crippen molar-refractivity contribution in [2.45, 2.75) is 26.4 Å². The molecule has 1 unspecified atom stereocenters. The second-order valence-electron chi connectivity index (χ2n) is 6.65. The van der Waals surface area contributed by atoms with Crippen molar-refractivity contribution >= 4 is 5.65 Å². The van der Waals surface area contributed by atoms with Gasteiger partial charge in [-0.05, 0) is 42.2 Å². The van der Waals surface area contributed by atoms with Gasteiger partial charge in [-0.2, -0.15) is 0 Å². The van der Waals surface area contributed by atoms with Gasteiger partial charge >= 0.3 is 0 Å². The fourth-order valence-corrected chi connectivity index (χ4v) is 3.34. The molecule has 0 saturated heterocycles. The summed E-state index contributed by atoms with van der Waals surface area (Å²) in [5.41, 5.74) is 7.12. The van der Waals surface area contributed by atoms with Crippen molar-refractivity contribution in [1.82, 2.24) is 9.38 Å². The predicted molar refractivity (Wildman–Crippen MR) is 106 cm³/mol. The van der Waals surface area contributed by atoms with Gasteiger partial charge in [0.25, 0.3) is 0 Å². The lowest BCUT2D eigenvalue weighted by Crippen LogP contribution is -2.02. The van der Waals surface area contributed by atoms with Gasteiger partial charge in [0, 0.05) is 11.8 Å². The zero-order valence-corrected chi connectivity index (χ0v) is 15.1. The van der Waals surface area contributed by atoms with Gasteiger partial charge < -0.3 is 9.51 Å². The molecule has 0 aliphatic heterocycles. The van der Waals surface area contributed by atoms with Crippen LogP contribution in [0.3, 0.4) is 0 Å². The van der Waals surface area contributed by atoms with Crippen molar-refractivity contribution in [3.8, 4) is 22.4 Å². The molecular weight excluding hydrogens is 320 g/mol. The van der Waals surface area contributed by atoms with Crippen LogP contribution in [0.25, 0.3) is 28.0 Å². The van der Waals surface area contributed by atoms with Crippen LogP contribution in [-0.4, -0.2) is 14.5 Å². The lowest BCUT2D eigenvalue weighted by Gasteiger charge is -2.11. The number of aromatic nitrogens is 2. The molecule has 0 spiro atoms. The number of aliphatic hydroxyl groups excluding tert-OH is 1. The molecule has 26 heavy (non-hydrogen) atoms. The minimum atomic E-state index is -0.545. The Balaban J connectivity index is 1.83. The number of hydrogen-bond donors (Lipinski definition) is 1. The third-order valence-electron chi connectivity index (χ3n) is 4.79. The summed E-state index contributed by atoms with van der Waals surface area (Å²) in [6, 6.07) is 22.8. The van der Waals surface area contributed by atoms with E-state index < -0.39 is 6.10 Å². The molecule has 2 heterocycles. The first-order valence-corrected chi connectivity index (χ1v) is 9.00. The normalized spacial score (nSPS) is 12.4. The van der Waals surface area contributed by atoms with Crippen molar-refractivity contribution in [2.24, 2.45) is 0 Å². The van der Waals surface area contributed by atoms with Gasteiger partial charge in [-0.3, -0.25) is 0 Å². The molecule has 0 aliphatic rings. The van der Waals surface area contributed by atoms with Gasteiger partial charge in [0.2, 0.25) is 0 Å². The summed E-state index contributed by atoms with van der Waals surface area (Å²) < 4.78 is 2.00. The molecule has 4 rings (SSSR count). The van der Waals surface area contributed by atoms with Crippen LogP contribution in [0.15, 0.2) is 72.9 Å². The van der Waals surface area contributed by atoms with E-state index in [-0.39, 0.29) is 0 Å². The number of benzene rings is 2. The number of aliphatic hydroxyl groups is 1. The molecule has 0 bridgehead atoms. The average molecular weight is 342 g/mol. The van der Waals surface area contributed by atoms with E-state index in [1.165, 1.54) is 11.1 Å². The van der Waals surface area contributed by atoms with Crippen LogP contribution in [0.2, 0.25) is 0 Å². The van der Waals surface area contributed by atoms with Crippen molar-refractivity contribution in [1.29, 1.82) is 0 Å². The van der Waals surface area contributed by atoms with E-state index in [9.17, 15) is 5.11 Å². The zero-order chi connectivity index (χ0) is 18.1. The van der Waals surface area contributed by atoms with Crippen LogP contribution in [0.1, 0.15) is 30.7 Å². The van der Waals surface area contributed by atoms with Crippen LogP contribution in [0, 0.1) is 6.92 Å². The molecule has 4 aromatic rings. The zero-order valence-electron chi connectivity index (χ0n) is 15.1. The lowest BCUT2D eigenvalue weighted by atomic mass is 10.0. The number of aryl methyl sites for hydroxylation is 1. The third-order valence-corrected chi connectivity index (χ3v) is 4.79. The SMILES string of the molecule is CCC(O)c1c(-c2ccc(-c3ccccc3)cc2)nc2cc(C)ccn12. The Kier molecular flexibility index (Phi) is 4.31. The first kappa shape index (κ1) is 16.6. The van der Waals surface area contributed by atoms with E-state index in [4.69, 9.17) is 4.98 Å². The summed E-state index contributed by atoms with van der Waals surface area (Å²) >= 11 is 0. The standard InChI is InChI=1S/C23H22N2O/c1-3-20(26)23-22(24-21-15-16(2)13-14-25(21)23)19-11-9-18(10-12-19)17-7-5-4-6-8-17/h4-15,20,26H,3H2,1-2H3. The maximum atomic E-state index is 10.6. The molecular formula is C23H22N2O. The van der Waals surface area contributed by atoms with E-state index >= 15 is 0 Å².